The van der Waals surface area contributed by atoms with Gasteiger partial charge in [0.05, 0.1) is 0 Å². The highest BCUT2D eigenvalue weighted by Crippen LogP contribution is 2.49. The fourth-order valence-electron chi connectivity index (χ4n) is 4.14. The number of rotatable bonds is 6. The SMILES string of the molecule is CC1CCCCC1(CN)NCC(C1CC1)C1CC1. The van der Waals surface area contributed by atoms with Crippen LogP contribution in [0, 0.1) is 23.7 Å². The third-order valence-corrected chi connectivity index (χ3v) is 5.96. The summed E-state index contributed by atoms with van der Waals surface area (Å²) in [7, 11) is 0. The van der Waals surface area contributed by atoms with E-state index < -0.39 is 0 Å². The summed E-state index contributed by atoms with van der Waals surface area (Å²) in [5.74, 6) is 3.84. The van der Waals surface area contributed by atoms with Crippen LogP contribution in [0.15, 0.2) is 0 Å². The molecule has 0 saturated heterocycles. The quantitative estimate of drug-likeness (QED) is 0.760. The second-order valence-electron chi connectivity index (χ2n) is 7.23. The van der Waals surface area contributed by atoms with Gasteiger partial charge in [-0.05, 0) is 68.7 Å². The van der Waals surface area contributed by atoms with Gasteiger partial charge >= 0.3 is 0 Å². The van der Waals surface area contributed by atoms with Crippen LogP contribution in [0.2, 0.25) is 0 Å². The molecule has 0 bridgehead atoms. The summed E-state index contributed by atoms with van der Waals surface area (Å²) in [5.41, 5.74) is 6.40. The monoisotopic (exact) mass is 250 g/mol. The molecule has 18 heavy (non-hydrogen) atoms. The van der Waals surface area contributed by atoms with E-state index in [0.29, 0.717) is 0 Å². The van der Waals surface area contributed by atoms with E-state index in [2.05, 4.69) is 12.2 Å². The predicted molar refractivity (Wildman–Crippen MR) is 76.4 cm³/mol. The molecule has 0 spiro atoms. The van der Waals surface area contributed by atoms with E-state index in [0.717, 1.165) is 30.2 Å². The fraction of sp³-hybridized carbons (Fsp3) is 1.00. The van der Waals surface area contributed by atoms with E-state index in [-0.39, 0.29) is 5.54 Å². The molecule has 104 valence electrons. The highest BCUT2D eigenvalue weighted by molar-refractivity contribution is 4.99. The maximum Gasteiger partial charge on any atom is 0.0329 e. The van der Waals surface area contributed by atoms with Gasteiger partial charge in [-0.25, -0.2) is 0 Å². The minimum absolute atomic E-state index is 0.264. The van der Waals surface area contributed by atoms with Crippen molar-refractivity contribution in [1.29, 1.82) is 0 Å². The number of hydrogen-bond acceptors (Lipinski definition) is 2. The molecule has 3 saturated carbocycles. The molecule has 2 atom stereocenters. The molecule has 3 rings (SSSR count). The molecule has 0 amide bonds. The summed E-state index contributed by atoms with van der Waals surface area (Å²) in [4.78, 5) is 0. The van der Waals surface area contributed by atoms with Gasteiger partial charge in [0.1, 0.15) is 0 Å². The van der Waals surface area contributed by atoms with E-state index >= 15 is 0 Å². The molecule has 2 heteroatoms. The Balaban J connectivity index is 1.58. The highest BCUT2D eigenvalue weighted by atomic mass is 15.0. The van der Waals surface area contributed by atoms with Crippen molar-refractivity contribution in [1.82, 2.24) is 5.32 Å². The lowest BCUT2D eigenvalue weighted by Crippen LogP contribution is -2.58. The van der Waals surface area contributed by atoms with Crippen LogP contribution in [0.1, 0.15) is 58.3 Å². The molecule has 0 aromatic heterocycles. The number of nitrogens with one attached hydrogen (secondary N) is 1. The first-order chi connectivity index (χ1) is 8.75. The van der Waals surface area contributed by atoms with Gasteiger partial charge in [-0.3, -0.25) is 0 Å². The Morgan fingerprint density at radius 1 is 1.11 bits per heavy atom. The Morgan fingerprint density at radius 2 is 1.78 bits per heavy atom. The zero-order valence-electron chi connectivity index (χ0n) is 12.0. The van der Waals surface area contributed by atoms with Crippen LogP contribution in [-0.4, -0.2) is 18.6 Å². The first-order valence-electron chi connectivity index (χ1n) is 8.20. The van der Waals surface area contributed by atoms with Crippen LogP contribution in [0.25, 0.3) is 0 Å². The lowest BCUT2D eigenvalue weighted by atomic mass is 9.73. The third kappa shape index (κ3) is 2.60. The Kier molecular flexibility index (Phi) is 3.68. The van der Waals surface area contributed by atoms with Crippen molar-refractivity contribution in [3.05, 3.63) is 0 Å². The van der Waals surface area contributed by atoms with Crippen molar-refractivity contribution in [2.24, 2.45) is 29.4 Å². The molecule has 3 aliphatic rings. The second-order valence-corrected chi connectivity index (χ2v) is 7.23. The van der Waals surface area contributed by atoms with Gasteiger partial charge in [0, 0.05) is 12.1 Å². The predicted octanol–water partition coefficient (Wildman–Crippen LogP) is 2.92. The molecule has 0 aromatic carbocycles. The van der Waals surface area contributed by atoms with Crippen LogP contribution in [-0.2, 0) is 0 Å². The van der Waals surface area contributed by atoms with Gasteiger partial charge < -0.3 is 11.1 Å². The molecular formula is C16H30N2. The topological polar surface area (TPSA) is 38.0 Å². The smallest absolute Gasteiger partial charge is 0.0329 e. The van der Waals surface area contributed by atoms with Gasteiger partial charge in [0.2, 0.25) is 0 Å². The molecule has 3 N–H and O–H groups in total. The molecule has 0 aliphatic heterocycles. The van der Waals surface area contributed by atoms with Crippen LogP contribution < -0.4 is 11.1 Å². The third-order valence-electron chi connectivity index (χ3n) is 5.96. The molecule has 0 radical (unpaired) electrons. The zero-order chi connectivity index (χ0) is 12.6. The van der Waals surface area contributed by atoms with E-state index in [9.17, 15) is 0 Å². The Hall–Kier alpha value is -0.0800. The minimum atomic E-state index is 0.264. The normalized spacial score (nSPS) is 37.2. The van der Waals surface area contributed by atoms with Crippen molar-refractivity contribution >= 4 is 0 Å². The average molecular weight is 250 g/mol. The van der Waals surface area contributed by atoms with E-state index in [1.54, 1.807) is 0 Å². The van der Waals surface area contributed by atoms with Gasteiger partial charge in [0.25, 0.3) is 0 Å². The molecule has 3 aliphatic carbocycles. The highest BCUT2D eigenvalue weighted by Gasteiger charge is 2.43. The van der Waals surface area contributed by atoms with Crippen LogP contribution in [0.3, 0.4) is 0 Å². The summed E-state index contributed by atoms with van der Waals surface area (Å²) in [6.45, 7) is 4.48. The van der Waals surface area contributed by atoms with E-state index in [1.165, 1.54) is 57.9 Å². The zero-order valence-corrected chi connectivity index (χ0v) is 12.0. The lowest BCUT2D eigenvalue weighted by Gasteiger charge is -2.44. The Morgan fingerprint density at radius 3 is 2.28 bits per heavy atom. The van der Waals surface area contributed by atoms with E-state index in [4.69, 9.17) is 5.73 Å². The van der Waals surface area contributed by atoms with Crippen molar-refractivity contribution in [2.45, 2.75) is 63.8 Å². The summed E-state index contributed by atoms with van der Waals surface area (Å²) < 4.78 is 0. The molecule has 3 fully saturated rings. The van der Waals surface area contributed by atoms with Gasteiger partial charge in [-0.2, -0.15) is 0 Å². The van der Waals surface area contributed by atoms with E-state index in [1.807, 2.05) is 0 Å². The Bertz CT molecular complexity index is 271. The van der Waals surface area contributed by atoms with Gasteiger partial charge in [-0.1, -0.05) is 19.8 Å². The summed E-state index contributed by atoms with van der Waals surface area (Å²) >= 11 is 0. The van der Waals surface area contributed by atoms with Crippen molar-refractivity contribution in [3.63, 3.8) is 0 Å². The standard InChI is InChI=1S/C16H30N2/c1-12-4-2-3-9-16(12,11-17)18-10-15(13-5-6-13)14-7-8-14/h12-15,18H,2-11,17H2,1H3. The largest absolute Gasteiger partial charge is 0.329 e. The summed E-state index contributed by atoms with van der Waals surface area (Å²) in [6, 6.07) is 0. The second kappa shape index (κ2) is 5.13. The van der Waals surface area contributed by atoms with Crippen molar-refractivity contribution in [3.8, 4) is 0 Å². The average Bonchev–Trinajstić information content (AvgIpc) is 3.26. The number of nitrogens with two attached hydrogens (primary N) is 1. The van der Waals surface area contributed by atoms with Crippen LogP contribution in [0.5, 0.6) is 0 Å². The molecule has 0 aromatic rings. The molecule has 2 nitrogen and oxygen atoms in total. The van der Waals surface area contributed by atoms with Crippen LogP contribution >= 0.6 is 0 Å². The maximum absolute atomic E-state index is 6.14. The summed E-state index contributed by atoms with van der Waals surface area (Å²) in [6.07, 6.45) is 11.4. The first-order valence-corrected chi connectivity index (χ1v) is 8.20. The molecule has 2 unspecified atom stereocenters. The van der Waals surface area contributed by atoms with Gasteiger partial charge in [-0.15, -0.1) is 0 Å². The fourth-order valence-corrected chi connectivity index (χ4v) is 4.14. The minimum Gasteiger partial charge on any atom is -0.329 e. The van der Waals surface area contributed by atoms with Gasteiger partial charge in [0.15, 0.2) is 0 Å². The molecule has 0 heterocycles. The lowest BCUT2D eigenvalue weighted by molar-refractivity contribution is 0.148. The Labute approximate surface area is 112 Å². The first kappa shape index (κ1) is 12.9. The van der Waals surface area contributed by atoms with Crippen LogP contribution in [0.4, 0.5) is 0 Å². The summed E-state index contributed by atoms with van der Waals surface area (Å²) in [5, 5.41) is 3.95. The van der Waals surface area contributed by atoms with Crippen molar-refractivity contribution < 1.29 is 0 Å². The molecular weight excluding hydrogens is 220 g/mol. The van der Waals surface area contributed by atoms with Crippen molar-refractivity contribution in [2.75, 3.05) is 13.1 Å². The number of hydrogen-bond donors (Lipinski definition) is 2. The maximum atomic E-state index is 6.14.